The van der Waals surface area contributed by atoms with Gasteiger partial charge in [-0.3, -0.25) is 4.90 Å². The van der Waals surface area contributed by atoms with Gasteiger partial charge in [-0.15, -0.1) is 0 Å². The van der Waals surface area contributed by atoms with Gasteiger partial charge in [0.1, 0.15) is 5.60 Å². The Labute approximate surface area is 122 Å². The van der Waals surface area contributed by atoms with Crippen LogP contribution in [0.3, 0.4) is 0 Å². The average molecular weight is 299 g/mol. The maximum Gasteiger partial charge on any atom is 0.416 e. The van der Waals surface area contributed by atoms with E-state index in [9.17, 15) is 18.3 Å². The highest BCUT2D eigenvalue weighted by molar-refractivity contribution is 5.37. The molecule has 1 saturated heterocycles. The number of likely N-dealkylation sites (tertiary alicyclic amines) is 1. The third-order valence-electron chi connectivity index (χ3n) is 4.71. The van der Waals surface area contributed by atoms with E-state index in [0.717, 1.165) is 25.0 Å². The number of hydrogen-bond donors (Lipinski definition) is 1. The predicted octanol–water partition coefficient (Wildman–Crippen LogP) is 3.46. The Bertz CT molecular complexity index is 553. The van der Waals surface area contributed by atoms with Crippen LogP contribution in [0.5, 0.6) is 0 Å². The van der Waals surface area contributed by atoms with E-state index < -0.39 is 17.3 Å². The van der Waals surface area contributed by atoms with E-state index in [1.807, 2.05) is 0 Å². The van der Waals surface area contributed by atoms with Crippen LogP contribution in [0, 0.1) is 6.92 Å². The lowest BCUT2D eigenvalue weighted by Gasteiger charge is -2.26. The maximum absolute atomic E-state index is 12.7. The third-order valence-corrected chi connectivity index (χ3v) is 4.71. The standard InChI is InChI=1S/C16H20F3NO/c1-10-7-12(16(17,18)19)3-6-14(10)15(21)8-11(2)20(9-15)13-4-5-13/h3,6-7,11,13,21H,4-5,8-9H2,1-2H3. The van der Waals surface area contributed by atoms with Crippen molar-refractivity contribution in [3.05, 3.63) is 34.9 Å². The highest BCUT2D eigenvalue weighted by Crippen LogP contribution is 2.43. The van der Waals surface area contributed by atoms with E-state index in [1.165, 1.54) is 6.07 Å². The summed E-state index contributed by atoms with van der Waals surface area (Å²) in [6.45, 7) is 4.24. The van der Waals surface area contributed by atoms with Gasteiger partial charge < -0.3 is 5.11 Å². The van der Waals surface area contributed by atoms with Crippen molar-refractivity contribution < 1.29 is 18.3 Å². The van der Waals surface area contributed by atoms with Gasteiger partial charge in [0.05, 0.1) is 5.56 Å². The molecule has 2 fully saturated rings. The first-order chi connectivity index (χ1) is 9.71. The van der Waals surface area contributed by atoms with Crippen LogP contribution in [-0.2, 0) is 11.8 Å². The Morgan fingerprint density at radius 3 is 2.48 bits per heavy atom. The number of alkyl halides is 3. The van der Waals surface area contributed by atoms with Gasteiger partial charge in [-0.25, -0.2) is 0 Å². The zero-order valence-corrected chi connectivity index (χ0v) is 12.2. The minimum absolute atomic E-state index is 0.268. The Balaban J connectivity index is 1.89. The topological polar surface area (TPSA) is 23.5 Å². The summed E-state index contributed by atoms with van der Waals surface area (Å²) < 4.78 is 38.2. The van der Waals surface area contributed by atoms with Crippen LogP contribution in [-0.4, -0.2) is 28.6 Å². The third kappa shape index (κ3) is 2.69. The van der Waals surface area contributed by atoms with Crippen LogP contribution in [0.25, 0.3) is 0 Å². The molecule has 0 spiro atoms. The summed E-state index contributed by atoms with van der Waals surface area (Å²) in [7, 11) is 0. The molecule has 0 radical (unpaired) electrons. The van der Waals surface area contributed by atoms with Crippen molar-refractivity contribution in [2.24, 2.45) is 0 Å². The SMILES string of the molecule is Cc1cc(C(F)(F)F)ccc1C1(O)CC(C)N(C2CC2)C1. The van der Waals surface area contributed by atoms with Crippen LogP contribution in [0.2, 0.25) is 0 Å². The number of nitrogens with zero attached hydrogens (tertiary/aromatic N) is 1. The molecule has 0 amide bonds. The first-order valence-corrected chi connectivity index (χ1v) is 7.37. The smallest absolute Gasteiger partial charge is 0.384 e. The molecule has 5 heteroatoms. The second-order valence-electron chi connectivity index (χ2n) is 6.52. The molecule has 1 aromatic carbocycles. The lowest BCUT2D eigenvalue weighted by Crippen LogP contribution is -2.33. The van der Waals surface area contributed by atoms with Crippen LogP contribution in [0.4, 0.5) is 13.2 Å². The first-order valence-electron chi connectivity index (χ1n) is 7.37. The molecular formula is C16H20F3NO. The summed E-state index contributed by atoms with van der Waals surface area (Å²) in [6.07, 6.45) is -1.44. The zero-order chi connectivity index (χ0) is 15.4. The molecule has 1 saturated carbocycles. The molecule has 1 heterocycles. The minimum atomic E-state index is -4.34. The first kappa shape index (κ1) is 14.9. The predicted molar refractivity (Wildman–Crippen MR) is 73.9 cm³/mol. The molecule has 2 unspecified atom stereocenters. The van der Waals surface area contributed by atoms with Gasteiger partial charge in [-0.1, -0.05) is 6.07 Å². The van der Waals surface area contributed by atoms with E-state index in [-0.39, 0.29) is 6.04 Å². The summed E-state index contributed by atoms with van der Waals surface area (Å²) in [6, 6.07) is 4.47. The van der Waals surface area contributed by atoms with E-state index >= 15 is 0 Å². The second-order valence-corrected chi connectivity index (χ2v) is 6.52. The van der Waals surface area contributed by atoms with Gasteiger partial charge in [0, 0.05) is 18.6 Å². The largest absolute Gasteiger partial charge is 0.416 e. The van der Waals surface area contributed by atoms with E-state index in [1.54, 1.807) is 6.92 Å². The number of rotatable bonds is 2. The zero-order valence-electron chi connectivity index (χ0n) is 12.2. The Kier molecular flexibility index (Phi) is 3.33. The summed E-state index contributed by atoms with van der Waals surface area (Å²) in [4.78, 5) is 2.29. The number of halogens is 3. The Hall–Kier alpha value is -1.07. The molecule has 1 aromatic rings. The van der Waals surface area contributed by atoms with Gasteiger partial charge >= 0.3 is 6.18 Å². The molecule has 0 aromatic heterocycles. The van der Waals surface area contributed by atoms with Crippen molar-refractivity contribution in [2.45, 2.75) is 57.0 Å². The monoisotopic (exact) mass is 299 g/mol. The molecule has 1 N–H and O–H groups in total. The fourth-order valence-corrected chi connectivity index (χ4v) is 3.58. The Morgan fingerprint density at radius 1 is 1.29 bits per heavy atom. The Morgan fingerprint density at radius 2 is 1.95 bits per heavy atom. The fraction of sp³-hybridized carbons (Fsp3) is 0.625. The van der Waals surface area contributed by atoms with Gasteiger partial charge in [0.15, 0.2) is 0 Å². The number of aliphatic hydroxyl groups is 1. The summed E-state index contributed by atoms with van der Waals surface area (Å²) in [5.74, 6) is 0. The highest BCUT2D eigenvalue weighted by Gasteiger charge is 2.47. The van der Waals surface area contributed by atoms with Crippen LogP contribution in [0.15, 0.2) is 18.2 Å². The molecule has 2 aliphatic rings. The number of β-amino-alcohol motifs (C(OH)–C–C–N with tert-alkyl or cyclic N) is 1. The highest BCUT2D eigenvalue weighted by atomic mass is 19.4. The van der Waals surface area contributed by atoms with Gasteiger partial charge in [0.2, 0.25) is 0 Å². The lowest BCUT2D eigenvalue weighted by atomic mass is 9.87. The number of hydrogen-bond acceptors (Lipinski definition) is 2. The molecule has 3 rings (SSSR count). The van der Waals surface area contributed by atoms with Crippen molar-refractivity contribution in [3.63, 3.8) is 0 Å². The lowest BCUT2D eigenvalue weighted by molar-refractivity contribution is -0.137. The van der Waals surface area contributed by atoms with E-state index in [0.29, 0.717) is 30.1 Å². The van der Waals surface area contributed by atoms with Gasteiger partial charge in [0.25, 0.3) is 0 Å². The minimum Gasteiger partial charge on any atom is -0.384 e. The average Bonchev–Trinajstić information content (AvgIpc) is 3.14. The maximum atomic E-state index is 12.7. The molecular weight excluding hydrogens is 279 g/mol. The molecule has 1 aliphatic heterocycles. The second kappa shape index (κ2) is 4.71. The quantitative estimate of drug-likeness (QED) is 0.904. The number of aryl methyl sites for hydroxylation is 1. The van der Waals surface area contributed by atoms with Crippen molar-refractivity contribution >= 4 is 0 Å². The van der Waals surface area contributed by atoms with E-state index in [4.69, 9.17) is 0 Å². The van der Waals surface area contributed by atoms with E-state index in [2.05, 4.69) is 11.8 Å². The fourth-order valence-electron chi connectivity index (χ4n) is 3.58. The van der Waals surface area contributed by atoms with Crippen LogP contribution in [0.1, 0.15) is 42.9 Å². The van der Waals surface area contributed by atoms with Crippen LogP contribution < -0.4 is 0 Å². The van der Waals surface area contributed by atoms with Crippen molar-refractivity contribution in [1.82, 2.24) is 4.90 Å². The molecule has 1 aliphatic carbocycles. The summed E-state index contributed by atoms with van der Waals surface area (Å²) in [5.41, 5.74) is -0.545. The molecule has 2 nitrogen and oxygen atoms in total. The van der Waals surface area contributed by atoms with Crippen molar-refractivity contribution in [3.8, 4) is 0 Å². The summed E-state index contributed by atoms with van der Waals surface area (Å²) >= 11 is 0. The normalized spacial score (nSPS) is 30.9. The van der Waals surface area contributed by atoms with Crippen molar-refractivity contribution in [1.29, 1.82) is 0 Å². The summed E-state index contributed by atoms with van der Waals surface area (Å²) in [5, 5.41) is 10.9. The molecule has 21 heavy (non-hydrogen) atoms. The van der Waals surface area contributed by atoms with Crippen molar-refractivity contribution in [2.75, 3.05) is 6.54 Å². The van der Waals surface area contributed by atoms with Gasteiger partial charge in [-0.2, -0.15) is 13.2 Å². The van der Waals surface area contributed by atoms with Crippen LogP contribution >= 0.6 is 0 Å². The van der Waals surface area contributed by atoms with Gasteiger partial charge in [-0.05, 0) is 56.4 Å². The molecule has 2 atom stereocenters. The number of benzene rings is 1. The molecule has 0 bridgehead atoms. The molecule has 116 valence electrons.